The van der Waals surface area contributed by atoms with Gasteiger partial charge in [0, 0.05) is 38.9 Å². The van der Waals surface area contributed by atoms with Crippen molar-refractivity contribution in [2.75, 3.05) is 47.4 Å². The molecule has 26 heavy (non-hydrogen) atoms. The van der Waals surface area contributed by atoms with Gasteiger partial charge in [-0.1, -0.05) is 12.1 Å². The van der Waals surface area contributed by atoms with E-state index in [-0.39, 0.29) is 35.3 Å². The Labute approximate surface area is 174 Å². The third-order valence-electron chi connectivity index (χ3n) is 4.92. The zero-order chi connectivity index (χ0) is 18.3. The van der Waals surface area contributed by atoms with E-state index in [1.54, 1.807) is 0 Å². The average molecular weight is 478 g/mol. The molecule has 0 aromatic heterocycles. The number of hydrogen-bond donors (Lipinski definition) is 1. The number of nitrogens with zero attached hydrogens (tertiary/aromatic N) is 3. The van der Waals surface area contributed by atoms with E-state index in [2.05, 4.69) is 36.1 Å². The molecule has 1 aliphatic rings. The molecule has 7 heteroatoms. The van der Waals surface area contributed by atoms with Crippen LogP contribution in [0.15, 0.2) is 29.3 Å². The molecule has 0 spiro atoms. The predicted octanol–water partition coefficient (Wildman–Crippen LogP) is 2.95. The van der Waals surface area contributed by atoms with Crippen molar-refractivity contribution < 1.29 is 9.13 Å². The molecular formula is C19H32FIN4O. The molecule has 0 unspecified atom stereocenters. The smallest absolute Gasteiger partial charge is 0.194 e. The summed E-state index contributed by atoms with van der Waals surface area (Å²) in [5, 5.41) is 3.36. The van der Waals surface area contributed by atoms with Gasteiger partial charge in [-0.3, -0.25) is 4.99 Å². The molecule has 2 rings (SSSR count). The van der Waals surface area contributed by atoms with E-state index < -0.39 is 0 Å². The fourth-order valence-corrected chi connectivity index (χ4v) is 3.13. The largest absolute Gasteiger partial charge is 0.381 e. The summed E-state index contributed by atoms with van der Waals surface area (Å²) in [6.45, 7) is 5.87. The minimum Gasteiger partial charge on any atom is -0.381 e. The number of halogens is 2. The molecule has 1 heterocycles. The van der Waals surface area contributed by atoms with Crippen molar-refractivity contribution in [3.05, 3.63) is 35.6 Å². The van der Waals surface area contributed by atoms with Crippen LogP contribution in [0.25, 0.3) is 0 Å². The molecule has 1 saturated heterocycles. The van der Waals surface area contributed by atoms with Crippen molar-refractivity contribution in [1.29, 1.82) is 0 Å². The van der Waals surface area contributed by atoms with Gasteiger partial charge in [-0.05, 0) is 51.6 Å². The van der Waals surface area contributed by atoms with E-state index in [1.807, 2.05) is 19.2 Å². The molecule has 5 nitrogen and oxygen atoms in total. The molecule has 1 aliphatic heterocycles. The van der Waals surface area contributed by atoms with Crippen LogP contribution in [0.3, 0.4) is 0 Å². The van der Waals surface area contributed by atoms with Crippen LogP contribution in [0, 0.1) is 5.82 Å². The van der Waals surface area contributed by atoms with E-state index >= 15 is 0 Å². The lowest BCUT2D eigenvalue weighted by molar-refractivity contribution is -0.00262. The lowest BCUT2D eigenvalue weighted by atomic mass is 9.89. The van der Waals surface area contributed by atoms with Crippen LogP contribution in [0.5, 0.6) is 0 Å². The second-order valence-electron chi connectivity index (χ2n) is 6.88. The van der Waals surface area contributed by atoms with E-state index in [9.17, 15) is 4.39 Å². The molecule has 0 radical (unpaired) electrons. The summed E-state index contributed by atoms with van der Waals surface area (Å²) in [4.78, 5) is 9.27. The van der Waals surface area contributed by atoms with Gasteiger partial charge in [-0.25, -0.2) is 4.39 Å². The van der Waals surface area contributed by atoms with Crippen molar-refractivity contribution in [1.82, 2.24) is 15.1 Å². The Morgan fingerprint density at radius 1 is 1.19 bits per heavy atom. The van der Waals surface area contributed by atoms with Crippen LogP contribution in [-0.2, 0) is 11.3 Å². The summed E-state index contributed by atoms with van der Waals surface area (Å²) in [5.41, 5.74) is 1.11. The summed E-state index contributed by atoms with van der Waals surface area (Å²) in [5.74, 6) is 0.666. The summed E-state index contributed by atoms with van der Waals surface area (Å²) < 4.78 is 18.6. The first kappa shape index (κ1) is 23.1. The van der Waals surface area contributed by atoms with Crippen LogP contribution in [0.4, 0.5) is 4.39 Å². The van der Waals surface area contributed by atoms with Gasteiger partial charge in [-0.15, -0.1) is 24.0 Å². The highest BCUT2D eigenvalue weighted by atomic mass is 127. The van der Waals surface area contributed by atoms with Crippen LogP contribution in [0.1, 0.15) is 25.3 Å². The van der Waals surface area contributed by atoms with Gasteiger partial charge in [0.15, 0.2) is 5.96 Å². The van der Waals surface area contributed by atoms with Gasteiger partial charge >= 0.3 is 0 Å². The number of aliphatic imine (C=N–C) groups is 1. The molecular weight excluding hydrogens is 446 g/mol. The first-order chi connectivity index (χ1) is 12.0. The van der Waals surface area contributed by atoms with Crippen molar-refractivity contribution >= 4 is 29.9 Å². The fraction of sp³-hybridized carbons (Fsp3) is 0.632. The van der Waals surface area contributed by atoms with Gasteiger partial charge in [0.2, 0.25) is 0 Å². The van der Waals surface area contributed by atoms with Gasteiger partial charge in [-0.2, -0.15) is 0 Å². The zero-order valence-electron chi connectivity index (χ0n) is 16.3. The second kappa shape index (κ2) is 11.0. The molecule has 0 bridgehead atoms. The van der Waals surface area contributed by atoms with E-state index in [0.29, 0.717) is 6.54 Å². The quantitative estimate of drug-likeness (QED) is 0.388. The SMILES string of the molecule is CCNC(=NCC1(N(C)C)CCOCC1)N(C)Cc1ccc(F)cc1.I. The normalized spacial score (nSPS) is 16.9. The molecule has 1 aromatic rings. The number of guanidine groups is 1. The summed E-state index contributed by atoms with van der Waals surface area (Å²) in [7, 11) is 6.25. The lowest BCUT2D eigenvalue weighted by Gasteiger charge is -2.42. The maximum Gasteiger partial charge on any atom is 0.194 e. The molecule has 0 saturated carbocycles. The molecule has 0 amide bonds. The summed E-state index contributed by atoms with van der Waals surface area (Å²) in [6, 6.07) is 6.62. The Morgan fingerprint density at radius 3 is 2.35 bits per heavy atom. The third-order valence-corrected chi connectivity index (χ3v) is 4.92. The van der Waals surface area contributed by atoms with Gasteiger partial charge in [0.05, 0.1) is 6.54 Å². The van der Waals surface area contributed by atoms with Crippen molar-refractivity contribution in [2.24, 2.45) is 4.99 Å². The van der Waals surface area contributed by atoms with Crippen LogP contribution in [-0.4, -0.2) is 68.7 Å². The Hall–Kier alpha value is -0.930. The maximum atomic E-state index is 13.1. The Balaban J connectivity index is 0.00000338. The first-order valence-electron chi connectivity index (χ1n) is 8.96. The fourth-order valence-electron chi connectivity index (χ4n) is 3.13. The molecule has 0 aliphatic carbocycles. The summed E-state index contributed by atoms with van der Waals surface area (Å²) >= 11 is 0. The number of likely N-dealkylation sites (N-methyl/N-ethyl adjacent to an activating group) is 1. The molecule has 1 fully saturated rings. The molecule has 148 valence electrons. The van der Waals surface area contributed by atoms with Crippen molar-refractivity contribution in [3.8, 4) is 0 Å². The predicted molar refractivity (Wildman–Crippen MR) is 116 cm³/mol. The van der Waals surface area contributed by atoms with Gasteiger partial charge in [0.25, 0.3) is 0 Å². The minimum atomic E-state index is -0.209. The van der Waals surface area contributed by atoms with Crippen molar-refractivity contribution in [3.63, 3.8) is 0 Å². The minimum absolute atomic E-state index is 0. The molecule has 1 aromatic carbocycles. The highest BCUT2D eigenvalue weighted by Gasteiger charge is 2.34. The monoisotopic (exact) mass is 478 g/mol. The number of nitrogens with one attached hydrogen (secondary N) is 1. The Kier molecular flexibility index (Phi) is 9.81. The van der Waals surface area contributed by atoms with Crippen LogP contribution >= 0.6 is 24.0 Å². The van der Waals surface area contributed by atoms with E-state index in [4.69, 9.17) is 9.73 Å². The topological polar surface area (TPSA) is 40.1 Å². The molecule has 0 atom stereocenters. The number of benzene rings is 1. The molecule has 1 N–H and O–H groups in total. The number of ether oxygens (including phenoxy) is 1. The third kappa shape index (κ3) is 6.35. The highest BCUT2D eigenvalue weighted by molar-refractivity contribution is 14.0. The number of hydrogen-bond acceptors (Lipinski definition) is 3. The van der Waals surface area contributed by atoms with Gasteiger partial charge in [0.1, 0.15) is 5.82 Å². The Morgan fingerprint density at radius 2 is 1.81 bits per heavy atom. The summed E-state index contributed by atoms with van der Waals surface area (Å²) in [6.07, 6.45) is 1.98. The maximum absolute atomic E-state index is 13.1. The van der Waals surface area contributed by atoms with E-state index in [0.717, 1.165) is 50.7 Å². The Bertz CT molecular complexity index is 559. The van der Waals surface area contributed by atoms with Gasteiger partial charge < -0.3 is 19.9 Å². The second-order valence-corrected chi connectivity index (χ2v) is 6.88. The zero-order valence-corrected chi connectivity index (χ0v) is 18.6. The van der Waals surface area contributed by atoms with Crippen LogP contribution in [0.2, 0.25) is 0 Å². The highest BCUT2D eigenvalue weighted by Crippen LogP contribution is 2.26. The lowest BCUT2D eigenvalue weighted by Crippen LogP contribution is -2.51. The first-order valence-corrected chi connectivity index (χ1v) is 8.96. The van der Waals surface area contributed by atoms with Crippen LogP contribution < -0.4 is 5.32 Å². The standard InChI is InChI=1S/C19H31FN4O.HI/c1-5-21-18(24(4)14-16-6-8-17(20)9-7-16)22-15-19(23(2)3)10-12-25-13-11-19;/h6-9H,5,10-15H2,1-4H3,(H,21,22);1H. The average Bonchev–Trinajstić information content (AvgIpc) is 2.61. The van der Waals surface area contributed by atoms with E-state index in [1.165, 1.54) is 12.1 Å². The number of rotatable bonds is 6. The van der Waals surface area contributed by atoms with Crippen molar-refractivity contribution in [2.45, 2.75) is 31.8 Å².